The standard InChI is InChI=1S/C15H18FN3O/c1-3-6-17-8-12-9-18-10-15(19-12)20-13-5-4-11(2)14(16)7-13/h4-5,7,9-10,17H,3,6,8H2,1-2H3. The third kappa shape index (κ3) is 3.99. The molecular formula is C15H18FN3O. The van der Waals surface area contributed by atoms with Crippen molar-refractivity contribution in [3.63, 3.8) is 0 Å². The minimum atomic E-state index is -0.295. The number of rotatable bonds is 6. The molecular weight excluding hydrogens is 257 g/mol. The van der Waals surface area contributed by atoms with Crippen molar-refractivity contribution in [2.45, 2.75) is 26.8 Å². The van der Waals surface area contributed by atoms with Crippen LogP contribution in [0.1, 0.15) is 24.6 Å². The molecule has 0 spiro atoms. The van der Waals surface area contributed by atoms with E-state index in [1.54, 1.807) is 25.3 Å². The van der Waals surface area contributed by atoms with Gasteiger partial charge in [0, 0.05) is 18.8 Å². The highest BCUT2D eigenvalue weighted by Crippen LogP contribution is 2.21. The lowest BCUT2D eigenvalue weighted by Crippen LogP contribution is -2.15. The molecule has 0 aliphatic carbocycles. The van der Waals surface area contributed by atoms with E-state index in [1.165, 1.54) is 12.3 Å². The monoisotopic (exact) mass is 275 g/mol. The average Bonchev–Trinajstić information content (AvgIpc) is 2.44. The van der Waals surface area contributed by atoms with E-state index in [1.807, 2.05) is 0 Å². The van der Waals surface area contributed by atoms with Crippen LogP contribution in [0, 0.1) is 12.7 Å². The summed E-state index contributed by atoms with van der Waals surface area (Å²) in [6.45, 7) is 5.37. The molecule has 0 saturated carbocycles. The Morgan fingerprint density at radius 2 is 2.15 bits per heavy atom. The number of aromatic nitrogens is 2. The summed E-state index contributed by atoms with van der Waals surface area (Å²) in [7, 11) is 0. The molecule has 2 aromatic rings. The van der Waals surface area contributed by atoms with E-state index in [0.717, 1.165) is 18.7 Å². The Morgan fingerprint density at radius 3 is 2.90 bits per heavy atom. The molecule has 0 unspecified atom stereocenters. The molecule has 4 nitrogen and oxygen atoms in total. The summed E-state index contributed by atoms with van der Waals surface area (Å²) in [5.41, 5.74) is 1.38. The Labute approximate surface area is 118 Å². The predicted molar refractivity (Wildman–Crippen MR) is 75.2 cm³/mol. The van der Waals surface area contributed by atoms with Crippen molar-refractivity contribution >= 4 is 0 Å². The maximum Gasteiger partial charge on any atom is 0.238 e. The quantitative estimate of drug-likeness (QED) is 0.822. The number of halogens is 1. The molecule has 1 aromatic carbocycles. The van der Waals surface area contributed by atoms with Gasteiger partial charge in [-0.25, -0.2) is 9.37 Å². The van der Waals surface area contributed by atoms with Gasteiger partial charge in [-0.2, -0.15) is 0 Å². The first-order valence-corrected chi connectivity index (χ1v) is 6.64. The molecule has 0 bridgehead atoms. The molecule has 1 heterocycles. The molecule has 1 aromatic heterocycles. The van der Waals surface area contributed by atoms with Crippen LogP contribution in [-0.4, -0.2) is 16.5 Å². The zero-order valence-corrected chi connectivity index (χ0v) is 11.7. The fourth-order valence-electron chi connectivity index (χ4n) is 1.67. The number of benzene rings is 1. The molecule has 0 aliphatic rings. The predicted octanol–water partition coefficient (Wildman–Crippen LogP) is 3.22. The van der Waals surface area contributed by atoms with Crippen molar-refractivity contribution in [3.8, 4) is 11.6 Å². The smallest absolute Gasteiger partial charge is 0.238 e. The van der Waals surface area contributed by atoms with Gasteiger partial charge in [-0.15, -0.1) is 0 Å². The average molecular weight is 275 g/mol. The van der Waals surface area contributed by atoms with Crippen LogP contribution >= 0.6 is 0 Å². The van der Waals surface area contributed by atoms with E-state index in [0.29, 0.717) is 23.7 Å². The van der Waals surface area contributed by atoms with Crippen LogP contribution in [0.3, 0.4) is 0 Å². The van der Waals surface area contributed by atoms with Gasteiger partial charge in [0.05, 0.1) is 11.9 Å². The Balaban J connectivity index is 2.05. The summed E-state index contributed by atoms with van der Waals surface area (Å²) < 4.78 is 19.0. The van der Waals surface area contributed by atoms with Gasteiger partial charge in [-0.3, -0.25) is 4.98 Å². The van der Waals surface area contributed by atoms with Gasteiger partial charge in [0.1, 0.15) is 11.6 Å². The maximum absolute atomic E-state index is 13.4. The van der Waals surface area contributed by atoms with Crippen molar-refractivity contribution in [3.05, 3.63) is 47.7 Å². The first-order chi connectivity index (χ1) is 9.69. The van der Waals surface area contributed by atoms with Crippen LogP contribution in [0.15, 0.2) is 30.6 Å². The Hall–Kier alpha value is -2.01. The summed E-state index contributed by atoms with van der Waals surface area (Å²) in [6, 6.07) is 4.73. The van der Waals surface area contributed by atoms with Gasteiger partial charge in [-0.1, -0.05) is 13.0 Å². The van der Waals surface area contributed by atoms with Crippen molar-refractivity contribution in [1.29, 1.82) is 0 Å². The van der Waals surface area contributed by atoms with E-state index in [-0.39, 0.29) is 5.82 Å². The number of nitrogens with one attached hydrogen (secondary N) is 1. The van der Waals surface area contributed by atoms with Gasteiger partial charge in [0.2, 0.25) is 5.88 Å². The van der Waals surface area contributed by atoms with Crippen molar-refractivity contribution in [2.24, 2.45) is 0 Å². The SMILES string of the molecule is CCCNCc1cncc(Oc2ccc(C)c(F)c2)n1. The lowest BCUT2D eigenvalue weighted by molar-refractivity contribution is 0.451. The fraction of sp³-hybridized carbons (Fsp3) is 0.333. The Bertz CT molecular complexity index is 575. The zero-order valence-electron chi connectivity index (χ0n) is 11.7. The second-order valence-electron chi connectivity index (χ2n) is 4.54. The van der Waals surface area contributed by atoms with Gasteiger partial charge in [0.25, 0.3) is 0 Å². The van der Waals surface area contributed by atoms with Crippen molar-refractivity contribution in [2.75, 3.05) is 6.54 Å². The topological polar surface area (TPSA) is 47.0 Å². The first kappa shape index (κ1) is 14.4. The van der Waals surface area contributed by atoms with Crippen LogP contribution in [-0.2, 0) is 6.54 Å². The largest absolute Gasteiger partial charge is 0.437 e. The molecule has 0 aliphatic heterocycles. The molecule has 5 heteroatoms. The first-order valence-electron chi connectivity index (χ1n) is 6.64. The molecule has 0 saturated heterocycles. The van der Waals surface area contributed by atoms with Crippen LogP contribution in [0.2, 0.25) is 0 Å². The summed E-state index contributed by atoms with van der Waals surface area (Å²) in [6.07, 6.45) is 4.26. The number of aryl methyl sites for hydroxylation is 1. The zero-order chi connectivity index (χ0) is 14.4. The highest BCUT2D eigenvalue weighted by molar-refractivity contribution is 5.30. The molecule has 2 rings (SSSR count). The number of hydrogen-bond donors (Lipinski definition) is 1. The van der Waals surface area contributed by atoms with Crippen LogP contribution in [0.4, 0.5) is 4.39 Å². The number of hydrogen-bond acceptors (Lipinski definition) is 4. The Kier molecular flexibility index (Phi) is 5.01. The van der Waals surface area contributed by atoms with Crippen LogP contribution < -0.4 is 10.1 Å². The normalized spacial score (nSPS) is 10.6. The molecule has 0 amide bonds. The second kappa shape index (κ2) is 6.96. The molecule has 1 N–H and O–H groups in total. The molecule has 0 atom stereocenters. The lowest BCUT2D eigenvalue weighted by atomic mass is 10.2. The van der Waals surface area contributed by atoms with E-state index in [9.17, 15) is 4.39 Å². The van der Waals surface area contributed by atoms with E-state index >= 15 is 0 Å². The van der Waals surface area contributed by atoms with Gasteiger partial charge in [0.15, 0.2) is 0 Å². The van der Waals surface area contributed by atoms with E-state index in [2.05, 4.69) is 22.2 Å². The van der Waals surface area contributed by atoms with Gasteiger partial charge >= 0.3 is 0 Å². The van der Waals surface area contributed by atoms with E-state index in [4.69, 9.17) is 4.74 Å². The fourth-order valence-corrected chi connectivity index (χ4v) is 1.67. The molecule has 106 valence electrons. The number of nitrogens with zero attached hydrogens (tertiary/aromatic N) is 2. The van der Waals surface area contributed by atoms with Crippen molar-refractivity contribution in [1.82, 2.24) is 15.3 Å². The third-order valence-electron chi connectivity index (χ3n) is 2.76. The van der Waals surface area contributed by atoms with Crippen molar-refractivity contribution < 1.29 is 9.13 Å². The van der Waals surface area contributed by atoms with Crippen LogP contribution in [0.25, 0.3) is 0 Å². The Morgan fingerprint density at radius 1 is 1.30 bits per heavy atom. The van der Waals surface area contributed by atoms with E-state index < -0.39 is 0 Å². The molecule has 0 radical (unpaired) electrons. The van der Waals surface area contributed by atoms with Crippen LogP contribution in [0.5, 0.6) is 11.6 Å². The lowest BCUT2D eigenvalue weighted by Gasteiger charge is -2.07. The second-order valence-corrected chi connectivity index (χ2v) is 4.54. The summed E-state index contributed by atoms with van der Waals surface area (Å²) >= 11 is 0. The summed E-state index contributed by atoms with van der Waals surface area (Å²) in [4.78, 5) is 8.40. The summed E-state index contributed by atoms with van der Waals surface area (Å²) in [5.74, 6) is 0.487. The highest BCUT2D eigenvalue weighted by Gasteiger charge is 2.04. The maximum atomic E-state index is 13.4. The highest BCUT2D eigenvalue weighted by atomic mass is 19.1. The minimum Gasteiger partial charge on any atom is -0.437 e. The summed E-state index contributed by atoms with van der Waals surface area (Å²) in [5, 5.41) is 3.24. The molecule has 20 heavy (non-hydrogen) atoms. The van der Waals surface area contributed by atoms with Gasteiger partial charge < -0.3 is 10.1 Å². The third-order valence-corrected chi connectivity index (χ3v) is 2.76. The molecule has 0 fully saturated rings. The number of ether oxygens (including phenoxy) is 1. The van der Waals surface area contributed by atoms with Gasteiger partial charge in [-0.05, 0) is 31.5 Å². The minimum absolute atomic E-state index is 0.295.